The second kappa shape index (κ2) is 4.66. The Labute approximate surface area is 94.4 Å². The fourth-order valence-electron chi connectivity index (χ4n) is 1.34. The molecule has 0 saturated carbocycles. The zero-order chi connectivity index (χ0) is 11.5. The first-order chi connectivity index (χ1) is 6.95. The largest absolute Gasteiger partial charge is 0.351 e. The minimum Gasteiger partial charge on any atom is -0.351 e. The third-order valence-corrected chi connectivity index (χ3v) is 2.31. The zero-order valence-corrected chi connectivity index (χ0v) is 9.98. The predicted octanol–water partition coefficient (Wildman–Crippen LogP) is 1.56. The lowest BCUT2D eigenvalue weighted by Gasteiger charge is -2.18. The summed E-state index contributed by atoms with van der Waals surface area (Å²) >= 11 is 5.39. The van der Waals surface area contributed by atoms with Gasteiger partial charge in [-0.2, -0.15) is 5.10 Å². The molecule has 0 bridgehead atoms. The Morgan fingerprint density at radius 1 is 1.60 bits per heavy atom. The number of nitrogens with one attached hydrogen (secondary N) is 2. The van der Waals surface area contributed by atoms with Crippen molar-refractivity contribution in [2.45, 2.75) is 32.7 Å². The van der Waals surface area contributed by atoms with E-state index in [-0.39, 0.29) is 17.2 Å². The van der Waals surface area contributed by atoms with Crippen LogP contribution in [0, 0.1) is 0 Å². The van der Waals surface area contributed by atoms with Crippen LogP contribution in [0.2, 0.25) is 0 Å². The molecule has 2 N–H and O–H groups in total. The van der Waals surface area contributed by atoms with Gasteiger partial charge in [0.05, 0.1) is 6.20 Å². The van der Waals surface area contributed by atoms with Crippen LogP contribution in [-0.2, 0) is 16.8 Å². The first kappa shape index (κ1) is 12.0. The number of aromatic amines is 1. The van der Waals surface area contributed by atoms with E-state index < -0.39 is 0 Å². The highest BCUT2D eigenvalue weighted by molar-refractivity contribution is 6.27. The topological polar surface area (TPSA) is 57.8 Å². The molecular weight excluding hydrogens is 214 g/mol. The molecule has 1 rings (SSSR count). The number of hydrogen-bond donors (Lipinski definition) is 2. The van der Waals surface area contributed by atoms with Crippen molar-refractivity contribution in [1.29, 1.82) is 0 Å². The van der Waals surface area contributed by atoms with E-state index >= 15 is 0 Å². The Morgan fingerprint density at radius 3 is 2.80 bits per heavy atom. The number of nitrogens with zero attached hydrogens (tertiary/aromatic N) is 1. The lowest BCUT2D eigenvalue weighted by Crippen LogP contribution is -2.25. The van der Waals surface area contributed by atoms with Crippen LogP contribution in [0.15, 0.2) is 6.20 Å². The maximum absolute atomic E-state index is 11.0. The van der Waals surface area contributed by atoms with Crippen molar-refractivity contribution >= 4 is 17.5 Å². The van der Waals surface area contributed by atoms with Crippen molar-refractivity contribution in [3.63, 3.8) is 0 Å². The number of carbonyl (C=O) groups excluding carboxylic acids is 1. The Morgan fingerprint density at radius 2 is 2.27 bits per heavy atom. The maximum Gasteiger partial charge on any atom is 0.235 e. The van der Waals surface area contributed by atoms with E-state index in [2.05, 4.69) is 36.3 Å². The molecule has 4 nitrogen and oxygen atoms in total. The molecule has 0 aliphatic heterocycles. The molecule has 15 heavy (non-hydrogen) atoms. The van der Waals surface area contributed by atoms with Crippen molar-refractivity contribution in [3.05, 3.63) is 17.5 Å². The number of carbonyl (C=O) groups is 1. The first-order valence-electron chi connectivity index (χ1n) is 4.80. The molecule has 5 heteroatoms. The van der Waals surface area contributed by atoms with Gasteiger partial charge in [0.15, 0.2) is 0 Å². The molecule has 0 spiro atoms. The van der Waals surface area contributed by atoms with Gasteiger partial charge in [0.2, 0.25) is 5.91 Å². The summed E-state index contributed by atoms with van der Waals surface area (Å²) in [7, 11) is 0. The number of rotatable bonds is 3. The molecule has 0 aromatic carbocycles. The summed E-state index contributed by atoms with van der Waals surface area (Å²) in [5, 5.41) is 9.65. The smallest absolute Gasteiger partial charge is 0.235 e. The highest BCUT2D eigenvalue weighted by Gasteiger charge is 2.19. The summed E-state index contributed by atoms with van der Waals surface area (Å²) in [6, 6.07) is 0. The Balaban J connectivity index is 2.70. The second-order valence-corrected chi connectivity index (χ2v) is 4.70. The van der Waals surface area contributed by atoms with Crippen molar-refractivity contribution in [3.8, 4) is 0 Å². The van der Waals surface area contributed by atoms with E-state index in [9.17, 15) is 4.79 Å². The molecule has 0 radical (unpaired) electrons. The quantitative estimate of drug-likeness (QED) is 0.773. The molecule has 1 heterocycles. The van der Waals surface area contributed by atoms with Gasteiger partial charge >= 0.3 is 0 Å². The fraction of sp³-hybridized carbons (Fsp3) is 0.600. The standard InChI is InChI=1S/C10H16ClN3O/c1-10(2,3)9-7(6-13-14-9)5-12-8(15)4-11/h6H,4-5H2,1-3H3,(H,12,15)(H,13,14). The number of H-pyrrole nitrogens is 1. The van der Waals surface area contributed by atoms with Crippen LogP contribution >= 0.6 is 11.6 Å². The van der Waals surface area contributed by atoms with Gasteiger partial charge in [0.1, 0.15) is 5.88 Å². The molecule has 0 fully saturated rings. The summed E-state index contributed by atoms with van der Waals surface area (Å²) in [6.07, 6.45) is 1.73. The predicted molar refractivity (Wildman–Crippen MR) is 59.9 cm³/mol. The maximum atomic E-state index is 11.0. The van der Waals surface area contributed by atoms with Gasteiger partial charge in [-0.1, -0.05) is 20.8 Å². The van der Waals surface area contributed by atoms with E-state index in [1.165, 1.54) is 0 Å². The number of amides is 1. The summed E-state index contributed by atoms with van der Waals surface area (Å²) < 4.78 is 0. The number of hydrogen-bond acceptors (Lipinski definition) is 2. The van der Waals surface area contributed by atoms with Gasteiger partial charge < -0.3 is 5.32 Å². The average molecular weight is 230 g/mol. The SMILES string of the molecule is CC(C)(C)c1[nH]ncc1CNC(=O)CCl. The summed E-state index contributed by atoms with van der Waals surface area (Å²) in [5.74, 6) is -0.180. The van der Waals surface area contributed by atoms with Gasteiger partial charge in [0, 0.05) is 23.2 Å². The molecule has 0 saturated heterocycles. The summed E-state index contributed by atoms with van der Waals surface area (Å²) in [4.78, 5) is 11.0. The average Bonchev–Trinajstić information content (AvgIpc) is 2.61. The van der Waals surface area contributed by atoms with Gasteiger partial charge in [0.25, 0.3) is 0 Å². The third kappa shape index (κ3) is 3.23. The molecule has 1 amide bonds. The van der Waals surface area contributed by atoms with Crippen LogP contribution in [0.25, 0.3) is 0 Å². The fourth-order valence-corrected chi connectivity index (χ4v) is 1.43. The van der Waals surface area contributed by atoms with Crippen molar-refractivity contribution in [2.24, 2.45) is 0 Å². The van der Waals surface area contributed by atoms with Crippen LogP contribution in [0.4, 0.5) is 0 Å². The Bertz CT molecular complexity index is 341. The van der Waals surface area contributed by atoms with E-state index in [0.717, 1.165) is 11.3 Å². The molecule has 0 atom stereocenters. The van der Waals surface area contributed by atoms with E-state index in [1.807, 2.05) is 0 Å². The highest BCUT2D eigenvalue weighted by Crippen LogP contribution is 2.22. The number of alkyl halides is 1. The zero-order valence-electron chi connectivity index (χ0n) is 9.22. The van der Waals surface area contributed by atoms with E-state index in [1.54, 1.807) is 6.20 Å². The highest BCUT2D eigenvalue weighted by atomic mass is 35.5. The number of halogens is 1. The van der Waals surface area contributed by atoms with Gasteiger partial charge in [-0.05, 0) is 0 Å². The van der Waals surface area contributed by atoms with Gasteiger partial charge in [-0.15, -0.1) is 11.6 Å². The minimum atomic E-state index is -0.169. The van der Waals surface area contributed by atoms with Crippen molar-refractivity contribution in [1.82, 2.24) is 15.5 Å². The van der Waals surface area contributed by atoms with Gasteiger partial charge in [-0.3, -0.25) is 9.89 Å². The lowest BCUT2D eigenvalue weighted by atomic mass is 9.89. The van der Waals surface area contributed by atoms with Gasteiger partial charge in [-0.25, -0.2) is 0 Å². The molecule has 1 aromatic heterocycles. The van der Waals surface area contributed by atoms with E-state index in [0.29, 0.717) is 6.54 Å². The Kier molecular flexibility index (Phi) is 3.74. The Hall–Kier alpha value is -1.03. The molecule has 0 aliphatic rings. The van der Waals surface area contributed by atoms with Crippen LogP contribution in [0.1, 0.15) is 32.0 Å². The van der Waals surface area contributed by atoms with Crippen LogP contribution in [-0.4, -0.2) is 22.0 Å². The first-order valence-corrected chi connectivity index (χ1v) is 5.34. The minimum absolute atomic E-state index is 0.00245. The number of aromatic nitrogens is 2. The third-order valence-electron chi connectivity index (χ3n) is 2.07. The van der Waals surface area contributed by atoms with E-state index in [4.69, 9.17) is 11.6 Å². The van der Waals surface area contributed by atoms with Crippen LogP contribution in [0.5, 0.6) is 0 Å². The van der Waals surface area contributed by atoms with Crippen LogP contribution in [0.3, 0.4) is 0 Å². The van der Waals surface area contributed by atoms with Crippen LogP contribution < -0.4 is 5.32 Å². The second-order valence-electron chi connectivity index (χ2n) is 4.43. The molecule has 84 valence electrons. The van der Waals surface area contributed by atoms with Crippen molar-refractivity contribution < 1.29 is 4.79 Å². The summed E-state index contributed by atoms with van der Waals surface area (Å²) in [6.45, 7) is 6.74. The normalized spacial score (nSPS) is 11.5. The van der Waals surface area contributed by atoms with Crippen molar-refractivity contribution in [2.75, 3.05) is 5.88 Å². The molecule has 0 aliphatic carbocycles. The lowest BCUT2D eigenvalue weighted by molar-refractivity contribution is -0.118. The molecular formula is C10H16ClN3O. The molecule has 1 aromatic rings. The monoisotopic (exact) mass is 229 g/mol. The summed E-state index contributed by atoms with van der Waals surface area (Å²) in [5.41, 5.74) is 2.04. The molecule has 0 unspecified atom stereocenters.